The highest BCUT2D eigenvalue weighted by Gasteiger charge is 2.60. The molecule has 0 aromatic heterocycles. The maximum absolute atomic E-state index is 13.1. The molecule has 0 amide bonds. The minimum atomic E-state index is -6.30. The van der Waals surface area contributed by atoms with Gasteiger partial charge in [0.1, 0.15) is 19.8 Å². The van der Waals surface area contributed by atoms with Crippen molar-refractivity contribution >= 4 is 7.32 Å². The summed E-state index contributed by atoms with van der Waals surface area (Å²) in [6, 6.07) is 0. The number of alkyl halides is 18. The Morgan fingerprint density at radius 3 is 0.735 bits per heavy atom. The van der Waals surface area contributed by atoms with Crippen LogP contribution in [-0.2, 0) is 14.0 Å². The molecule has 0 aromatic carbocycles. The zero-order valence-electron chi connectivity index (χ0n) is 15.5. The molecule has 0 aromatic rings. The Morgan fingerprint density at radius 1 is 0.412 bits per heavy atom. The lowest BCUT2D eigenvalue weighted by atomic mass is 10.1. The molecule has 22 heteroatoms. The summed E-state index contributed by atoms with van der Waals surface area (Å²) in [4.78, 5) is 0. The lowest BCUT2D eigenvalue weighted by Gasteiger charge is -2.27. The lowest BCUT2D eigenvalue weighted by molar-refractivity contribution is -0.258. The molecule has 0 saturated carbocycles. The van der Waals surface area contributed by atoms with E-state index in [-0.39, 0.29) is 0 Å². The first-order valence-electron chi connectivity index (χ1n) is 7.86. The van der Waals surface area contributed by atoms with Crippen molar-refractivity contribution in [2.45, 2.75) is 54.8 Å². The molecule has 0 fully saturated rings. The van der Waals surface area contributed by atoms with Crippen LogP contribution in [0.2, 0.25) is 0 Å². The van der Waals surface area contributed by atoms with E-state index in [9.17, 15) is 79.0 Å². The van der Waals surface area contributed by atoms with Crippen molar-refractivity contribution in [1.29, 1.82) is 0 Å². The van der Waals surface area contributed by atoms with E-state index in [0.717, 1.165) is 0 Å². The van der Waals surface area contributed by atoms with Crippen LogP contribution in [0, 0.1) is 0 Å². The molecule has 3 nitrogen and oxygen atoms in total. The normalized spacial score (nSPS) is 17.5. The van der Waals surface area contributed by atoms with Gasteiger partial charge in [0, 0.05) is 0 Å². The molecular formula is C12H9BF18O3. The maximum atomic E-state index is 13.1. The fraction of sp³-hybridized carbons (Fsp3) is 1.00. The summed E-state index contributed by atoms with van der Waals surface area (Å²) in [7, 11) is -3.70. The third-order valence-corrected chi connectivity index (χ3v) is 3.21. The Labute approximate surface area is 176 Å². The Bertz CT molecular complexity index is 546. The van der Waals surface area contributed by atoms with Gasteiger partial charge in [-0.2, -0.15) is 39.5 Å². The Kier molecular flexibility index (Phi) is 10.3. The topological polar surface area (TPSA) is 27.7 Å². The molecule has 0 aliphatic carbocycles. The molecule has 204 valence electrons. The minimum Gasteiger partial charge on any atom is -0.379 e. The SMILES string of the molecule is FC(C(F)(F)F)C(F)(F)COB(OCC(F)(F)C(F)C(F)(F)F)OCC(F)(F)C(F)C(F)(F)F. The van der Waals surface area contributed by atoms with E-state index in [2.05, 4.69) is 14.0 Å². The summed E-state index contributed by atoms with van der Waals surface area (Å²) < 4.78 is 235. The fourth-order valence-electron chi connectivity index (χ4n) is 1.62. The smallest absolute Gasteiger partial charge is 0.379 e. The van der Waals surface area contributed by atoms with E-state index in [1.54, 1.807) is 0 Å². The second kappa shape index (κ2) is 10.7. The number of hydrogen-bond acceptors (Lipinski definition) is 3. The highest BCUT2D eigenvalue weighted by Crippen LogP contribution is 2.38. The van der Waals surface area contributed by atoms with E-state index >= 15 is 0 Å². The van der Waals surface area contributed by atoms with Gasteiger partial charge in [-0.3, -0.25) is 0 Å². The molecule has 3 atom stereocenters. The molecule has 0 spiro atoms. The van der Waals surface area contributed by atoms with Gasteiger partial charge < -0.3 is 14.0 Å². The number of halogens is 18. The molecule has 0 rings (SSSR count). The number of rotatable bonds is 12. The minimum absolute atomic E-state index is 2.95. The largest absolute Gasteiger partial charge is 0.640 e. The first kappa shape index (κ1) is 32.7. The van der Waals surface area contributed by atoms with Gasteiger partial charge in [0.2, 0.25) is 0 Å². The molecule has 0 radical (unpaired) electrons. The molecule has 0 aliphatic heterocycles. The average molecular weight is 554 g/mol. The highest BCUT2D eigenvalue weighted by molar-refractivity contribution is 6.36. The van der Waals surface area contributed by atoms with Crippen molar-refractivity contribution in [2.75, 3.05) is 19.8 Å². The monoisotopic (exact) mass is 554 g/mol. The van der Waals surface area contributed by atoms with Gasteiger partial charge in [-0.1, -0.05) is 0 Å². The fourth-order valence-corrected chi connectivity index (χ4v) is 1.62. The Balaban J connectivity index is 5.56. The van der Waals surface area contributed by atoms with E-state index in [4.69, 9.17) is 0 Å². The Hall–Kier alpha value is -1.32. The molecule has 3 unspecified atom stereocenters. The van der Waals surface area contributed by atoms with Gasteiger partial charge in [-0.05, 0) is 0 Å². The molecular weight excluding hydrogens is 545 g/mol. The van der Waals surface area contributed by atoms with Gasteiger partial charge in [0.25, 0.3) is 18.5 Å². The zero-order valence-corrected chi connectivity index (χ0v) is 15.5. The average Bonchev–Trinajstić information content (AvgIpc) is 2.63. The van der Waals surface area contributed by atoms with Crippen molar-refractivity contribution < 1.29 is 93.0 Å². The molecule has 0 N–H and O–H groups in total. The van der Waals surface area contributed by atoms with Crippen molar-refractivity contribution in [2.24, 2.45) is 0 Å². The Morgan fingerprint density at radius 2 is 0.588 bits per heavy atom. The number of hydrogen-bond donors (Lipinski definition) is 0. The summed E-state index contributed by atoms with van der Waals surface area (Å²) in [6.07, 6.45) is -34.1. The third kappa shape index (κ3) is 9.74. The van der Waals surface area contributed by atoms with Gasteiger partial charge in [0.05, 0.1) is 0 Å². The van der Waals surface area contributed by atoms with E-state index in [0.29, 0.717) is 0 Å². The van der Waals surface area contributed by atoms with Gasteiger partial charge >= 0.3 is 43.6 Å². The van der Waals surface area contributed by atoms with Crippen LogP contribution in [0.4, 0.5) is 79.0 Å². The maximum Gasteiger partial charge on any atom is 0.640 e. The summed E-state index contributed by atoms with van der Waals surface area (Å²) in [6.45, 7) is -8.86. The van der Waals surface area contributed by atoms with Crippen LogP contribution in [0.5, 0.6) is 0 Å². The van der Waals surface area contributed by atoms with Crippen LogP contribution in [0.15, 0.2) is 0 Å². The van der Waals surface area contributed by atoms with E-state index in [1.165, 1.54) is 0 Å². The van der Waals surface area contributed by atoms with Crippen molar-refractivity contribution in [3.8, 4) is 0 Å². The summed E-state index contributed by atoms with van der Waals surface area (Å²) in [5, 5.41) is 0. The van der Waals surface area contributed by atoms with Crippen molar-refractivity contribution in [3.05, 3.63) is 0 Å². The van der Waals surface area contributed by atoms with Gasteiger partial charge in [-0.15, -0.1) is 0 Å². The molecule has 0 saturated heterocycles. The van der Waals surface area contributed by atoms with Crippen molar-refractivity contribution in [1.82, 2.24) is 0 Å². The zero-order chi connectivity index (χ0) is 27.6. The molecule has 0 bridgehead atoms. The molecule has 34 heavy (non-hydrogen) atoms. The van der Waals surface area contributed by atoms with Gasteiger partial charge in [-0.25, -0.2) is 39.5 Å². The summed E-state index contributed by atoms with van der Waals surface area (Å²) in [5.74, 6) is -17.0. The first-order valence-corrected chi connectivity index (χ1v) is 7.86. The van der Waals surface area contributed by atoms with Crippen LogP contribution in [-0.4, -0.2) is 82.0 Å². The van der Waals surface area contributed by atoms with E-state index in [1.807, 2.05) is 0 Å². The van der Waals surface area contributed by atoms with Crippen LogP contribution < -0.4 is 0 Å². The second-order valence-electron chi connectivity index (χ2n) is 6.22. The predicted octanol–water partition coefficient (Wildman–Crippen LogP) is 5.63. The third-order valence-electron chi connectivity index (χ3n) is 3.21. The van der Waals surface area contributed by atoms with Crippen LogP contribution >= 0.6 is 0 Å². The van der Waals surface area contributed by atoms with E-state index < -0.39 is 82.0 Å². The predicted molar refractivity (Wildman–Crippen MR) is 71.3 cm³/mol. The highest BCUT2D eigenvalue weighted by atomic mass is 19.4. The lowest BCUT2D eigenvalue weighted by Crippen LogP contribution is -2.50. The summed E-state index contributed by atoms with van der Waals surface area (Å²) in [5.41, 5.74) is 0. The van der Waals surface area contributed by atoms with Crippen LogP contribution in [0.3, 0.4) is 0 Å². The molecule has 0 aliphatic rings. The van der Waals surface area contributed by atoms with Gasteiger partial charge in [0.15, 0.2) is 0 Å². The van der Waals surface area contributed by atoms with Crippen molar-refractivity contribution in [3.63, 3.8) is 0 Å². The standard InChI is InChI=1S/C12H9BF18O3/c14-4(10(23,24)25)7(17,18)1-32-13(33-2-8(19,20)5(15)11(26,27)28)34-3-9(21,22)6(16)12(29,30)31/h4-6H,1-3H2. The second-order valence-corrected chi connectivity index (χ2v) is 6.22. The summed E-state index contributed by atoms with van der Waals surface area (Å²) >= 11 is 0. The van der Waals surface area contributed by atoms with Crippen LogP contribution in [0.1, 0.15) is 0 Å². The quantitative estimate of drug-likeness (QED) is 0.232. The van der Waals surface area contributed by atoms with Crippen LogP contribution in [0.25, 0.3) is 0 Å². The molecule has 0 heterocycles. The first-order chi connectivity index (χ1) is 14.7.